The molecule has 0 aliphatic heterocycles. The topological polar surface area (TPSA) is 0 Å². The SMILES string of the molecule is SC1(S)CCC1. The molecule has 1 rings (SSSR count). The lowest BCUT2D eigenvalue weighted by molar-refractivity contribution is 0.491. The minimum atomic E-state index is 0.111. The van der Waals surface area contributed by atoms with Gasteiger partial charge in [-0.1, -0.05) is 0 Å². The van der Waals surface area contributed by atoms with Crippen molar-refractivity contribution in [1.82, 2.24) is 0 Å². The molecule has 0 amide bonds. The van der Waals surface area contributed by atoms with E-state index in [2.05, 4.69) is 25.3 Å². The Balaban J connectivity index is 2.31. The monoisotopic (exact) mass is 120 g/mol. The maximum Gasteiger partial charge on any atom is 0.0552 e. The predicted molar refractivity (Wildman–Crippen MR) is 34.6 cm³/mol. The Morgan fingerprint density at radius 2 is 1.50 bits per heavy atom. The van der Waals surface area contributed by atoms with Crippen molar-refractivity contribution in [3.8, 4) is 0 Å². The van der Waals surface area contributed by atoms with E-state index >= 15 is 0 Å². The molecule has 1 saturated carbocycles. The number of thiol groups is 2. The molecule has 0 spiro atoms. The van der Waals surface area contributed by atoms with Crippen LogP contribution in [0.1, 0.15) is 19.3 Å². The van der Waals surface area contributed by atoms with Gasteiger partial charge in [0.05, 0.1) is 4.08 Å². The zero-order chi connectivity index (χ0) is 4.62. The number of hydrogen-bond donors (Lipinski definition) is 2. The van der Waals surface area contributed by atoms with Crippen LogP contribution < -0.4 is 0 Å². The molecule has 1 aliphatic carbocycles. The van der Waals surface area contributed by atoms with E-state index in [1.807, 2.05) is 0 Å². The summed E-state index contributed by atoms with van der Waals surface area (Å²) >= 11 is 8.41. The highest BCUT2D eigenvalue weighted by atomic mass is 32.2. The molecule has 0 aromatic heterocycles. The summed E-state index contributed by atoms with van der Waals surface area (Å²) in [6.45, 7) is 0. The minimum Gasteiger partial charge on any atom is -0.162 e. The molecule has 0 bridgehead atoms. The second-order valence-corrected chi connectivity index (χ2v) is 3.90. The third-order valence-corrected chi connectivity index (χ3v) is 2.05. The maximum atomic E-state index is 4.21. The fraction of sp³-hybridized carbons (Fsp3) is 1.00. The molecule has 6 heavy (non-hydrogen) atoms. The van der Waals surface area contributed by atoms with Gasteiger partial charge in [-0.05, 0) is 19.3 Å². The van der Waals surface area contributed by atoms with Crippen LogP contribution >= 0.6 is 25.3 Å². The van der Waals surface area contributed by atoms with Crippen molar-refractivity contribution in [3.05, 3.63) is 0 Å². The third-order valence-electron chi connectivity index (χ3n) is 1.15. The summed E-state index contributed by atoms with van der Waals surface area (Å²) in [6, 6.07) is 0. The third kappa shape index (κ3) is 0.850. The van der Waals surface area contributed by atoms with Crippen LogP contribution in [0.2, 0.25) is 0 Å². The Hall–Kier alpha value is 0.700. The lowest BCUT2D eigenvalue weighted by atomic mass is 9.99. The van der Waals surface area contributed by atoms with Crippen molar-refractivity contribution >= 4 is 25.3 Å². The first-order valence-corrected chi connectivity index (χ1v) is 3.05. The van der Waals surface area contributed by atoms with E-state index in [0.29, 0.717) is 0 Å². The highest BCUT2D eigenvalue weighted by Crippen LogP contribution is 2.40. The fourth-order valence-electron chi connectivity index (χ4n) is 0.493. The van der Waals surface area contributed by atoms with Crippen molar-refractivity contribution in [2.75, 3.05) is 0 Å². The Kier molecular flexibility index (Phi) is 1.08. The molecule has 0 atom stereocenters. The summed E-state index contributed by atoms with van der Waals surface area (Å²) in [5.41, 5.74) is 0. The highest BCUT2D eigenvalue weighted by Gasteiger charge is 2.27. The zero-order valence-corrected chi connectivity index (χ0v) is 5.30. The van der Waals surface area contributed by atoms with Gasteiger partial charge in [0.1, 0.15) is 0 Å². The molecule has 0 heterocycles. The Morgan fingerprint density at radius 1 is 1.17 bits per heavy atom. The standard InChI is InChI=1S/C4H8S2/c5-4(6)2-1-3-4/h5-6H,1-3H2. The quantitative estimate of drug-likeness (QED) is 0.353. The average Bonchev–Trinajstić information content (AvgIpc) is 1.32. The van der Waals surface area contributed by atoms with Crippen LogP contribution in [0.5, 0.6) is 0 Å². The van der Waals surface area contributed by atoms with E-state index in [1.54, 1.807) is 0 Å². The Labute approximate surface area is 49.1 Å². The summed E-state index contributed by atoms with van der Waals surface area (Å²) in [5, 5.41) is 0. The second kappa shape index (κ2) is 1.34. The van der Waals surface area contributed by atoms with Gasteiger partial charge in [-0.2, -0.15) is 25.3 Å². The van der Waals surface area contributed by atoms with Crippen LogP contribution in [-0.4, -0.2) is 4.08 Å². The van der Waals surface area contributed by atoms with Crippen molar-refractivity contribution < 1.29 is 0 Å². The van der Waals surface area contributed by atoms with Crippen LogP contribution in [0.4, 0.5) is 0 Å². The first-order valence-electron chi connectivity index (χ1n) is 2.15. The van der Waals surface area contributed by atoms with E-state index in [9.17, 15) is 0 Å². The van der Waals surface area contributed by atoms with Crippen LogP contribution in [0.25, 0.3) is 0 Å². The molecular formula is C4H8S2. The minimum absolute atomic E-state index is 0.111. The molecule has 36 valence electrons. The van der Waals surface area contributed by atoms with Crippen molar-refractivity contribution in [3.63, 3.8) is 0 Å². The van der Waals surface area contributed by atoms with Gasteiger partial charge in [-0.15, -0.1) is 0 Å². The first-order chi connectivity index (χ1) is 2.71. The second-order valence-electron chi connectivity index (χ2n) is 1.84. The van der Waals surface area contributed by atoms with Crippen molar-refractivity contribution in [1.29, 1.82) is 0 Å². The first kappa shape index (κ1) is 4.85. The largest absolute Gasteiger partial charge is 0.162 e. The summed E-state index contributed by atoms with van der Waals surface area (Å²) < 4.78 is 0.111. The molecule has 1 aliphatic rings. The van der Waals surface area contributed by atoms with Gasteiger partial charge in [0, 0.05) is 0 Å². The Bertz CT molecular complexity index is 52.6. The van der Waals surface area contributed by atoms with E-state index in [-0.39, 0.29) is 4.08 Å². The van der Waals surface area contributed by atoms with Gasteiger partial charge in [-0.25, -0.2) is 0 Å². The van der Waals surface area contributed by atoms with Crippen LogP contribution in [0.15, 0.2) is 0 Å². The zero-order valence-electron chi connectivity index (χ0n) is 3.52. The van der Waals surface area contributed by atoms with Crippen molar-refractivity contribution in [2.24, 2.45) is 0 Å². The summed E-state index contributed by atoms with van der Waals surface area (Å²) in [4.78, 5) is 0. The van der Waals surface area contributed by atoms with Gasteiger partial charge in [-0.3, -0.25) is 0 Å². The molecular weight excluding hydrogens is 112 g/mol. The molecule has 0 N–H and O–H groups in total. The molecule has 0 nitrogen and oxygen atoms in total. The van der Waals surface area contributed by atoms with Gasteiger partial charge in [0.2, 0.25) is 0 Å². The molecule has 0 unspecified atom stereocenters. The van der Waals surface area contributed by atoms with Crippen LogP contribution in [0.3, 0.4) is 0 Å². The van der Waals surface area contributed by atoms with E-state index in [1.165, 1.54) is 19.3 Å². The Morgan fingerprint density at radius 3 is 1.50 bits per heavy atom. The molecule has 0 aromatic carbocycles. The average molecular weight is 120 g/mol. The van der Waals surface area contributed by atoms with Gasteiger partial charge < -0.3 is 0 Å². The van der Waals surface area contributed by atoms with E-state index in [0.717, 1.165) is 0 Å². The predicted octanol–water partition coefficient (Wildman–Crippen LogP) is 1.73. The molecule has 2 heteroatoms. The lowest BCUT2D eigenvalue weighted by Gasteiger charge is -2.31. The van der Waals surface area contributed by atoms with E-state index < -0.39 is 0 Å². The fourth-order valence-corrected chi connectivity index (χ4v) is 1.13. The molecule has 0 saturated heterocycles. The molecule has 0 radical (unpaired) electrons. The van der Waals surface area contributed by atoms with Crippen LogP contribution in [0, 0.1) is 0 Å². The van der Waals surface area contributed by atoms with Gasteiger partial charge >= 0.3 is 0 Å². The highest BCUT2D eigenvalue weighted by molar-refractivity contribution is 8.00. The summed E-state index contributed by atoms with van der Waals surface area (Å²) in [7, 11) is 0. The van der Waals surface area contributed by atoms with Gasteiger partial charge in [0.15, 0.2) is 0 Å². The lowest BCUT2D eigenvalue weighted by Crippen LogP contribution is -2.22. The summed E-state index contributed by atoms with van der Waals surface area (Å²) in [5.74, 6) is 0. The normalized spacial score (nSPS) is 29.0. The van der Waals surface area contributed by atoms with Crippen LogP contribution in [-0.2, 0) is 0 Å². The summed E-state index contributed by atoms with van der Waals surface area (Å²) in [6.07, 6.45) is 3.67. The molecule has 0 aromatic rings. The number of rotatable bonds is 0. The maximum absolute atomic E-state index is 4.21. The molecule has 1 fully saturated rings. The smallest absolute Gasteiger partial charge is 0.0552 e. The van der Waals surface area contributed by atoms with Gasteiger partial charge in [0.25, 0.3) is 0 Å². The van der Waals surface area contributed by atoms with Crippen molar-refractivity contribution in [2.45, 2.75) is 23.3 Å². The van der Waals surface area contributed by atoms with E-state index in [4.69, 9.17) is 0 Å². The number of hydrogen-bond acceptors (Lipinski definition) is 2.